The Balaban J connectivity index is 0.000000280. The zero-order chi connectivity index (χ0) is 14.1. The van der Waals surface area contributed by atoms with Crippen molar-refractivity contribution >= 4 is 0 Å². The average molecular weight is 249 g/mol. The standard InChI is InChI=1S/C12H19N.C5H12/c1-12(2,3)11-6-8-4-9(11)5-10(8)7-13;1-5(2,3)4/h8-11H,4-6H2,1-3H3;1-4H3. The van der Waals surface area contributed by atoms with Gasteiger partial charge < -0.3 is 0 Å². The van der Waals surface area contributed by atoms with E-state index in [0.717, 1.165) is 17.8 Å². The first-order chi connectivity index (χ1) is 8.02. The number of rotatable bonds is 0. The summed E-state index contributed by atoms with van der Waals surface area (Å²) in [4.78, 5) is 0. The topological polar surface area (TPSA) is 23.8 Å². The highest BCUT2D eigenvalue weighted by Crippen LogP contribution is 2.56. The van der Waals surface area contributed by atoms with Crippen LogP contribution in [0.5, 0.6) is 0 Å². The van der Waals surface area contributed by atoms with Crippen LogP contribution in [0.2, 0.25) is 0 Å². The monoisotopic (exact) mass is 249 g/mol. The van der Waals surface area contributed by atoms with Crippen molar-refractivity contribution in [2.24, 2.45) is 34.5 Å². The maximum atomic E-state index is 8.93. The van der Waals surface area contributed by atoms with Crippen LogP contribution in [0, 0.1) is 45.8 Å². The molecule has 1 nitrogen and oxygen atoms in total. The van der Waals surface area contributed by atoms with Crippen molar-refractivity contribution in [3.8, 4) is 6.07 Å². The minimum absolute atomic E-state index is 0.392. The van der Waals surface area contributed by atoms with Crippen molar-refractivity contribution in [3.63, 3.8) is 0 Å². The number of fused-ring (bicyclic) bond motifs is 2. The molecule has 4 unspecified atom stereocenters. The van der Waals surface area contributed by atoms with Crippen molar-refractivity contribution in [2.75, 3.05) is 0 Å². The molecule has 0 amide bonds. The molecule has 0 spiro atoms. The SMILES string of the molecule is CC(C)(C)C.CC(C)(C)C1CC2CC1CC2C#N. The normalized spacial score (nSPS) is 34.8. The fourth-order valence-corrected chi connectivity index (χ4v) is 3.49. The maximum Gasteiger partial charge on any atom is 0.0658 e. The molecular weight excluding hydrogens is 218 g/mol. The van der Waals surface area contributed by atoms with Crippen LogP contribution in [0.25, 0.3) is 0 Å². The molecule has 18 heavy (non-hydrogen) atoms. The first-order valence-corrected chi connectivity index (χ1v) is 7.42. The highest BCUT2D eigenvalue weighted by Gasteiger charge is 2.49. The Bertz CT molecular complexity index is 304. The van der Waals surface area contributed by atoms with Gasteiger partial charge in [0.05, 0.1) is 6.07 Å². The van der Waals surface area contributed by atoms with Gasteiger partial charge in [0.25, 0.3) is 0 Å². The molecule has 1 heteroatoms. The van der Waals surface area contributed by atoms with E-state index in [4.69, 9.17) is 5.26 Å². The first kappa shape index (κ1) is 15.5. The maximum absolute atomic E-state index is 8.93. The fourth-order valence-electron chi connectivity index (χ4n) is 3.49. The molecule has 0 aromatic heterocycles. The predicted molar refractivity (Wildman–Crippen MR) is 78.0 cm³/mol. The lowest BCUT2D eigenvalue weighted by Crippen LogP contribution is -2.28. The van der Waals surface area contributed by atoms with E-state index >= 15 is 0 Å². The number of hydrogen-bond donors (Lipinski definition) is 0. The van der Waals surface area contributed by atoms with Gasteiger partial charge in [-0.05, 0) is 47.8 Å². The molecule has 0 N–H and O–H groups in total. The van der Waals surface area contributed by atoms with E-state index in [2.05, 4.69) is 54.5 Å². The molecule has 0 aromatic carbocycles. The molecule has 4 atom stereocenters. The quantitative estimate of drug-likeness (QED) is 0.573. The molecule has 0 heterocycles. The summed E-state index contributed by atoms with van der Waals surface area (Å²) in [6.07, 6.45) is 3.83. The van der Waals surface area contributed by atoms with Crippen LogP contribution >= 0.6 is 0 Å². The summed E-state index contributed by atoms with van der Waals surface area (Å²) in [6.45, 7) is 15.8. The van der Waals surface area contributed by atoms with Gasteiger partial charge >= 0.3 is 0 Å². The van der Waals surface area contributed by atoms with E-state index in [1.54, 1.807) is 0 Å². The Kier molecular flexibility index (Phi) is 4.52. The van der Waals surface area contributed by atoms with Gasteiger partial charge in [0.2, 0.25) is 0 Å². The van der Waals surface area contributed by atoms with Crippen LogP contribution in [0.1, 0.15) is 67.7 Å². The lowest BCUT2D eigenvalue weighted by Gasteiger charge is -2.35. The van der Waals surface area contributed by atoms with Gasteiger partial charge in [-0.1, -0.05) is 48.5 Å². The van der Waals surface area contributed by atoms with Crippen LogP contribution in [0.3, 0.4) is 0 Å². The van der Waals surface area contributed by atoms with Gasteiger partial charge in [0.15, 0.2) is 0 Å². The number of nitrogens with zero attached hydrogens (tertiary/aromatic N) is 1. The van der Waals surface area contributed by atoms with Gasteiger partial charge in [0.1, 0.15) is 0 Å². The summed E-state index contributed by atoms with van der Waals surface area (Å²) in [7, 11) is 0. The van der Waals surface area contributed by atoms with E-state index in [1.165, 1.54) is 19.3 Å². The summed E-state index contributed by atoms with van der Waals surface area (Å²) in [6, 6.07) is 2.47. The highest BCUT2D eigenvalue weighted by atomic mass is 14.5. The second-order valence-electron chi connectivity index (χ2n) is 8.94. The van der Waals surface area contributed by atoms with Crippen LogP contribution < -0.4 is 0 Å². The predicted octanol–water partition coefficient (Wildman–Crippen LogP) is 5.27. The minimum Gasteiger partial charge on any atom is -0.198 e. The van der Waals surface area contributed by atoms with Crippen molar-refractivity contribution in [1.82, 2.24) is 0 Å². The van der Waals surface area contributed by atoms with Gasteiger partial charge in [-0.3, -0.25) is 0 Å². The average Bonchev–Trinajstić information content (AvgIpc) is 2.71. The Hall–Kier alpha value is -0.510. The Labute approximate surface area is 114 Å². The molecule has 2 bridgehead atoms. The molecule has 0 aliphatic heterocycles. The van der Waals surface area contributed by atoms with Crippen LogP contribution in [0.15, 0.2) is 0 Å². The Morgan fingerprint density at radius 1 is 0.833 bits per heavy atom. The molecule has 2 aliphatic rings. The van der Waals surface area contributed by atoms with Crippen molar-refractivity contribution < 1.29 is 0 Å². The van der Waals surface area contributed by atoms with Crippen molar-refractivity contribution in [2.45, 2.75) is 67.7 Å². The fraction of sp³-hybridized carbons (Fsp3) is 0.941. The molecular formula is C17H31N. The summed E-state index contributed by atoms with van der Waals surface area (Å²) in [5, 5.41) is 8.93. The lowest BCUT2D eigenvalue weighted by molar-refractivity contribution is 0.148. The van der Waals surface area contributed by atoms with E-state index < -0.39 is 0 Å². The number of hydrogen-bond acceptors (Lipinski definition) is 1. The third-order valence-corrected chi connectivity index (χ3v) is 4.14. The zero-order valence-electron chi connectivity index (χ0n) is 13.4. The van der Waals surface area contributed by atoms with Gasteiger partial charge in [-0.2, -0.15) is 5.26 Å². The molecule has 0 radical (unpaired) electrons. The van der Waals surface area contributed by atoms with E-state index in [9.17, 15) is 0 Å². The zero-order valence-corrected chi connectivity index (χ0v) is 13.4. The largest absolute Gasteiger partial charge is 0.198 e. The summed E-state index contributed by atoms with van der Waals surface area (Å²) < 4.78 is 0. The van der Waals surface area contributed by atoms with Gasteiger partial charge in [-0.15, -0.1) is 0 Å². The van der Waals surface area contributed by atoms with Crippen molar-refractivity contribution in [1.29, 1.82) is 5.26 Å². The van der Waals surface area contributed by atoms with Crippen molar-refractivity contribution in [3.05, 3.63) is 0 Å². The van der Waals surface area contributed by atoms with Crippen LogP contribution in [-0.2, 0) is 0 Å². The molecule has 0 saturated heterocycles. The van der Waals surface area contributed by atoms with Crippen LogP contribution in [-0.4, -0.2) is 0 Å². The van der Waals surface area contributed by atoms with Gasteiger partial charge in [-0.25, -0.2) is 0 Å². The summed E-state index contributed by atoms with van der Waals surface area (Å²) in [5.41, 5.74) is 0.958. The highest BCUT2D eigenvalue weighted by molar-refractivity contribution is 5.04. The summed E-state index contributed by atoms with van der Waals surface area (Å²) in [5.74, 6) is 2.86. The van der Waals surface area contributed by atoms with E-state index in [-0.39, 0.29) is 0 Å². The second-order valence-corrected chi connectivity index (χ2v) is 8.94. The Morgan fingerprint density at radius 3 is 1.61 bits per heavy atom. The molecule has 0 aromatic rings. The Morgan fingerprint density at radius 2 is 1.33 bits per heavy atom. The third kappa shape index (κ3) is 4.30. The van der Waals surface area contributed by atoms with E-state index in [0.29, 0.717) is 16.7 Å². The molecule has 2 rings (SSSR count). The smallest absolute Gasteiger partial charge is 0.0658 e. The van der Waals surface area contributed by atoms with Gasteiger partial charge in [0, 0.05) is 5.92 Å². The molecule has 2 fully saturated rings. The molecule has 104 valence electrons. The molecule has 2 saturated carbocycles. The first-order valence-electron chi connectivity index (χ1n) is 7.42. The number of nitriles is 1. The van der Waals surface area contributed by atoms with E-state index in [1.807, 2.05) is 0 Å². The third-order valence-electron chi connectivity index (χ3n) is 4.14. The van der Waals surface area contributed by atoms with Crippen LogP contribution in [0.4, 0.5) is 0 Å². The summed E-state index contributed by atoms with van der Waals surface area (Å²) >= 11 is 0. The minimum atomic E-state index is 0.392. The molecule has 2 aliphatic carbocycles. The second kappa shape index (κ2) is 5.24. The lowest BCUT2D eigenvalue weighted by atomic mass is 9.70.